The maximum absolute atomic E-state index is 4.97. The maximum Gasteiger partial charge on any atom is 2.00 e. The quantitative estimate of drug-likeness (QED) is 0.397. The van der Waals surface area contributed by atoms with Crippen molar-refractivity contribution in [2.75, 3.05) is 0 Å². The summed E-state index contributed by atoms with van der Waals surface area (Å²) < 4.78 is 0. The smallest absolute Gasteiger partial charge is 1.00 e. The van der Waals surface area contributed by atoms with E-state index in [4.69, 9.17) is 44.3 Å². The standard InChI is InChI=1S/Be.Cl4Si.2H/c;1-5(2,3)4;;/q+2;;2*-1. The molecule has 0 bridgehead atoms. The first-order chi connectivity index (χ1) is 2.00. The molecule has 0 aliphatic heterocycles. The fraction of sp³-hybridized carbons (Fsp3) is 0. The molecule has 0 amide bonds. The van der Waals surface area contributed by atoms with Crippen molar-refractivity contribution in [3.63, 3.8) is 0 Å². The summed E-state index contributed by atoms with van der Waals surface area (Å²) in [6, 6.07) is 0. The van der Waals surface area contributed by atoms with Gasteiger partial charge in [-0.25, -0.2) is 0 Å². The minimum atomic E-state index is -2.72. The van der Waals surface area contributed by atoms with Crippen molar-refractivity contribution >= 4 is 59.8 Å². The zero-order valence-electron chi connectivity index (χ0n) is 4.72. The molecule has 0 N–H and O–H groups in total. The second kappa shape index (κ2) is 3.54. The fourth-order valence-electron chi connectivity index (χ4n) is 0. The first-order valence-corrected chi connectivity index (χ1v) is 6.80. The van der Waals surface area contributed by atoms with E-state index in [0.29, 0.717) is 0 Å². The van der Waals surface area contributed by atoms with Gasteiger partial charge in [0.1, 0.15) is 0 Å². The summed E-state index contributed by atoms with van der Waals surface area (Å²) >= 11 is 19.9. The van der Waals surface area contributed by atoms with Crippen LogP contribution in [0.1, 0.15) is 2.85 Å². The van der Waals surface area contributed by atoms with Crippen molar-refractivity contribution in [3.05, 3.63) is 0 Å². The van der Waals surface area contributed by atoms with Crippen molar-refractivity contribution < 1.29 is 2.85 Å². The predicted molar refractivity (Wildman–Crippen MR) is 37.1 cm³/mol. The van der Waals surface area contributed by atoms with Crippen LogP contribution < -0.4 is 0 Å². The first kappa shape index (κ1) is 10.5. The minimum absolute atomic E-state index is 0. The van der Waals surface area contributed by atoms with Crippen LogP contribution in [0.3, 0.4) is 0 Å². The first-order valence-electron chi connectivity index (χ1n) is 0.756. The Morgan fingerprint density at radius 1 is 1.00 bits per heavy atom. The Morgan fingerprint density at radius 2 is 1.00 bits per heavy atom. The number of halogens is 4. The van der Waals surface area contributed by atoms with E-state index in [1.807, 2.05) is 0 Å². The second-order valence-corrected chi connectivity index (χ2v) is 11.6. The number of rotatable bonds is 0. The van der Waals surface area contributed by atoms with Crippen LogP contribution >= 0.6 is 44.3 Å². The third-order valence-corrected chi connectivity index (χ3v) is 0. The summed E-state index contributed by atoms with van der Waals surface area (Å²) in [7, 11) is 0. The molecule has 0 aromatic carbocycles. The number of hydrogen-bond donors (Lipinski definition) is 0. The van der Waals surface area contributed by atoms with Crippen LogP contribution in [0.2, 0.25) is 0 Å². The van der Waals surface area contributed by atoms with Gasteiger partial charge in [-0.3, -0.25) is 0 Å². The van der Waals surface area contributed by atoms with E-state index in [-0.39, 0.29) is 13.0 Å². The van der Waals surface area contributed by atoms with Gasteiger partial charge in [-0.1, -0.05) is 0 Å². The van der Waals surface area contributed by atoms with Crippen LogP contribution in [0.5, 0.6) is 0 Å². The van der Waals surface area contributed by atoms with Gasteiger partial charge in [0.05, 0.1) is 0 Å². The molecule has 0 nitrogen and oxygen atoms in total. The summed E-state index contributed by atoms with van der Waals surface area (Å²) in [6.45, 7) is 0. The Morgan fingerprint density at radius 3 is 1.00 bits per heavy atom. The SMILES string of the molecule is Cl[Si](Cl)(Cl)Cl.[Be+2].[H-].[H-]. The zero-order valence-corrected chi connectivity index (χ0v) is 6.74. The van der Waals surface area contributed by atoms with Crippen molar-refractivity contribution in [1.82, 2.24) is 0 Å². The van der Waals surface area contributed by atoms with Crippen molar-refractivity contribution in [3.8, 4) is 0 Å². The molecule has 0 radical (unpaired) electrons. The van der Waals surface area contributed by atoms with Crippen LogP contribution in [0.4, 0.5) is 0 Å². The normalized spacial score (nSPS) is 10.0. The molecule has 0 unspecified atom stereocenters. The van der Waals surface area contributed by atoms with E-state index in [9.17, 15) is 0 Å². The second-order valence-electron chi connectivity index (χ2n) is 0.429. The molecule has 0 rings (SSSR count). The molecule has 0 aromatic heterocycles. The maximum atomic E-state index is 4.97. The molecular weight excluding hydrogens is 179 g/mol. The van der Waals surface area contributed by atoms with Gasteiger partial charge in [0.25, 0.3) is 0 Å². The molecule has 0 saturated heterocycles. The van der Waals surface area contributed by atoms with Gasteiger partial charge in [0.15, 0.2) is 0 Å². The molecule has 0 atom stereocenters. The molecule has 0 fully saturated rings. The Hall–Kier alpha value is 1.55. The van der Waals surface area contributed by atoms with Gasteiger partial charge < -0.3 is 2.85 Å². The Balaban J connectivity index is -0.0000000267. The van der Waals surface area contributed by atoms with E-state index >= 15 is 0 Å². The van der Waals surface area contributed by atoms with E-state index < -0.39 is 5.31 Å². The largest absolute Gasteiger partial charge is 2.00 e. The molecule has 6 heavy (non-hydrogen) atoms. The molecule has 0 aliphatic rings. The van der Waals surface area contributed by atoms with Crippen molar-refractivity contribution in [2.45, 2.75) is 0 Å². The molecular formula is H2BeCl4Si. The van der Waals surface area contributed by atoms with Gasteiger partial charge in [0.2, 0.25) is 0 Å². The molecule has 0 saturated carbocycles. The van der Waals surface area contributed by atoms with E-state index in [1.165, 1.54) is 0 Å². The van der Waals surface area contributed by atoms with Crippen molar-refractivity contribution in [1.29, 1.82) is 0 Å². The van der Waals surface area contributed by atoms with Gasteiger partial charge in [-0.2, -0.15) is 0 Å². The molecule has 0 spiro atoms. The van der Waals surface area contributed by atoms with Gasteiger partial charge >= 0.3 is 15.4 Å². The summed E-state index contributed by atoms with van der Waals surface area (Å²) in [5, 5.41) is -2.72. The van der Waals surface area contributed by atoms with E-state index in [1.54, 1.807) is 0 Å². The topological polar surface area (TPSA) is 0 Å². The van der Waals surface area contributed by atoms with Crippen LogP contribution in [-0.2, 0) is 0 Å². The van der Waals surface area contributed by atoms with Gasteiger partial charge in [-0.15, -0.1) is 44.3 Å². The predicted octanol–water partition coefficient (Wildman–Crippen LogP) is 2.22. The average Bonchev–Trinajstić information content (AvgIpc) is 0.722. The fourth-order valence-corrected chi connectivity index (χ4v) is 0. The summed E-state index contributed by atoms with van der Waals surface area (Å²) in [6.07, 6.45) is 0. The summed E-state index contributed by atoms with van der Waals surface area (Å²) in [5.41, 5.74) is 0. The molecule has 0 heterocycles. The monoisotopic (exact) mass is 179 g/mol. The molecule has 36 valence electrons. The zero-order chi connectivity index (χ0) is 4.50. The Labute approximate surface area is 62.7 Å². The van der Waals surface area contributed by atoms with Crippen molar-refractivity contribution in [2.24, 2.45) is 0 Å². The van der Waals surface area contributed by atoms with Crippen LogP contribution in [0.15, 0.2) is 0 Å². The Kier molecular flexibility index (Phi) is 6.19. The summed E-state index contributed by atoms with van der Waals surface area (Å²) in [4.78, 5) is 0. The third-order valence-electron chi connectivity index (χ3n) is 0. The van der Waals surface area contributed by atoms with Crippen LogP contribution in [0.25, 0.3) is 0 Å². The summed E-state index contributed by atoms with van der Waals surface area (Å²) in [5.74, 6) is 0. The third kappa shape index (κ3) is 48.0. The van der Waals surface area contributed by atoms with E-state index in [0.717, 1.165) is 0 Å². The van der Waals surface area contributed by atoms with Crippen LogP contribution in [0, 0.1) is 0 Å². The molecule has 0 aromatic rings. The van der Waals surface area contributed by atoms with Gasteiger partial charge in [-0.05, 0) is 0 Å². The van der Waals surface area contributed by atoms with E-state index in [2.05, 4.69) is 0 Å². The van der Waals surface area contributed by atoms with Crippen LogP contribution in [-0.4, -0.2) is 15.4 Å². The molecule has 0 aliphatic carbocycles. The molecule has 6 heteroatoms. The Bertz CT molecular complexity index is 29.5. The van der Waals surface area contributed by atoms with Gasteiger partial charge in [0, 0.05) is 0 Å². The average molecular weight is 181 g/mol. The minimum Gasteiger partial charge on any atom is -1.00 e. The number of hydrogen-bond acceptors (Lipinski definition) is 0.